The SMILES string of the molecule is COc1ccccc1N(C)S(=O)(=O)c1ccc(C)c(C(=O)NC(C)C2CC2)c1. The molecular weight excluding hydrogens is 376 g/mol. The Hall–Kier alpha value is -2.54. The second-order valence-corrected chi connectivity index (χ2v) is 9.19. The van der Waals surface area contributed by atoms with Crippen molar-refractivity contribution in [3.05, 3.63) is 53.6 Å². The number of aryl methyl sites for hydroxylation is 1. The van der Waals surface area contributed by atoms with Crippen LogP contribution in [-0.2, 0) is 10.0 Å². The number of hydrogen-bond donors (Lipinski definition) is 1. The average Bonchev–Trinajstić information content (AvgIpc) is 3.52. The van der Waals surface area contributed by atoms with Crippen molar-refractivity contribution in [1.29, 1.82) is 0 Å². The summed E-state index contributed by atoms with van der Waals surface area (Å²) in [5, 5.41) is 2.99. The Bertz CT molecular complexity index is 984. The molecule has 1 saturated carbocycles. The van der Waals surface area contributed by atoms with Gasteiger partial charge in [0, 0.05) is 18.7 Å². The monoisotopic (exact) mass is 402 g/mol. The van der Waals surface area contributed by atoms with Crippen LogP contribution in [0.4, 0.5) is 5.69 Å². The van der Waals surface area contributed by atoms with E-state index in [1.165, 1.54) is 30.6 Å². The lowest BCUT2D eigenvalue weighted by Gasteiger charge is -2.22. The van der Waals surface area contributed by atoms with Crippen LogP contribution in [0.3, 0.4) is 0 Å². The molecule has 6 nitrogen and oxygen atoms in total. The van der Waals surface area contributed by atoms with Gasteiger partial charge in [-0.1, -0.05) is 18.2 Å². The fourth-order valence-electron chi connectivity index (χ4n) is 3.18. The van der Waals surface area contributed by atoms with Gasteiger partial charge in [-0.2, -0.15) is 0 Å². The smallest absolute Gasteiger partial charge is 0.264 e. The van der Waals surface area contributed by atoms with Crippen molar-refractivity contribution in [2.24, 2.45) is 5.92 Å². The van der Waals surface area contributed by atoms with Crippen molar-refractivity contribution in [3.63, 3.8) is 0 Å². The third-order valence-corrected chi connectivity index (χ3v) is 6.99. The zero-order valence-electron chi connectivity index (χ0n) is 16.6. The Morgan fingerprint density at radius 1 is 1.21 bits per heavy atom. The maximum Gasteiger partial charge on any atom is 0.264 e. The summed E-state index contributed by atoms with van der Waals surface area (Å²) in [5.74, 6) is 0.735. The Kier molecular flexibility index (Phi) is 5.65. The van der Waals surface area contributed by atoms with E-state index in [0.717, 1.165) is 18.4 Å². The summed E-state index contributed by atoms with van der Waals surface area (Å²) in [6.07, 6.45) is 2.25. The zero-order chi connectivity index (χ0) is 20.5. The first-order valence-electron chi connectivity index (χ1n) is 9.29. The van der Waals surface area contributed by atoms with E-state index in [4.69, 9.17) is 4.74 Å². The molecule has 0 aliphatic heterocycles. The number of para-hydroxylation sites is 2. The van der Waals surface area contributed by atoms with E-state index < -0.39 is 10.0 Å². The number of hydrogen-bond acceptors (Lipinski definition) is 4. The standard InChI is InChI=1S/C21H26N2O4S/c1-14-9-12-17(13-18(14)21(24)22-15(2)16-10-11-16)28(25,26)23(3)19-7-5-6-8-20(19)27-4/h5-9,12-13,15-16H,10-11H2,1-4H3,(H,22,24). The van der Waals surface area contributed by atoms with Crippen molar-refractivity contribution in [3.8, 4) is 5.75 Å². The van der Waals surface area contributed by atoms with Gasteiger partial charge in [0.1, 0.15) is 5.75 Å². The lowest BCUT2D eigenvalue weighted by atomic mass is 10.1. The second-order valence-electron chi connectivity index (χ2n) is 7.22. The number of methoxy groups -OCH3 is 1. The highest BCUT2D eigenvalue weighted by atomic mass is 32.2. The fraction of sp³-hybridized carbons (Fsp3) is 0.381. The summed E-state index contributed by atoms with van der Waals surface area (Å²) < 4.78 is 32.8. The number of nitrogens with zero attached hydrogens (tertiary/aromatic N) is 1. The van der Waals surface area contributed by atoms with Gasteiger partial charge in [0.15, 0.2) is 0 Å². The minimum Gasteiger partial charge on any atom is -0.495 e. The average molecular weight is 403 g/mol. The first-order valence-corrected chi connectivity index (χ1v) is 10.7. The van der Waals surface area contributed by atoms with Gasteiger partial charge in [-0.25, -0.2) is 8.42 Å². The zero-order valence-corrected chi connectivity index (χ0v) is 17.4. The van der Waals surface area contributed by atoms with Gasteiger partial charge in [-0.15, -0.1) is 0 Å². The predicted molar refractivity (Wildman–Crippen MR) is 109 cm³/mol. The summed E-state index contributed by atoms with van der Waals surface area (Å²) in [4.78, 5) is 12.8. The van der Waals surface area contributed by atoms with E-state index >= 15 is 0 Å². The molecule has 0 aromatic heterocycles. The molecule has 1 amide bonds. The van der Waals surface area contributed by atoms with Gasteiger partial charge in [-0.05, 0) is 62.4 Å². The molecule has 1 N–H and O–H groups in total. The third kappa shape index (κ3) is 3.99. The highest BCUT2D eigenvalue weighted by Crippen LogP contribution is 2.33. The van der Waals surface area contributed by atoms with Crippen LogP contribution < -0.4 is 14.4 Å². The number of amides is 1. The van der Waals surface area contributed by atoms with Gasteiger partial charge in [0.25, 0.3) is 15.9 Å². The lowest BCUT2D eigenvalue weighted by Crippen LogP contribution is -2.34. The van der Waals surface area contributed by atoms with Crippen LogP contribution in [0.1, 0.15) is 35.7 Å². The van der Waals surface area contributed by atoms with E-state index in [9.17, 15) is 13.2 Å². The molecule has 0 bridgehead atoms. The maximum atomic E-state index is 13.2. The van der Waals surface area contributed by atoms with Crippen molar-refractivity contribution >= 4 is 21.6 Å². The van der Waals surface area contributed by atoms with Crippen LogP contribution in [0.15, 0.2) is 47.4 Å². The third-order valence-electron chi connectivity index (χ3n) is 5.22. The number of sulfonamides is 1. The van der Waals surface area contributed by atoms with E-state index in [2.05, 4.69) is 5.32 Å². The molecule has 2 aromatic rings. The summed E-state index contributed by atoms with van der Waals surface area (Å²) in [7, 11) is -0.888. The molecular formula is C21H26N2O4S. The van der Waals surface area contributed by atoms with Gasteiger partial charge in [-0.3, -0.25) is 9.10 Å². The quantitative estimate of drug-likeness (QED) is 0.771. The Labute approximate surface area is 166 Å². The normalized spacial score (nSPS) is 15.0. The first-order chi connectivity index (χ1) is 13.3. The van der Waals surface area contributed by atoms with Gasteiger partial charge in [0.05, 0.1) is 17.7 Å². The van der Waals surface area contributed by atoms with Crippen LogP contribution in [0.5, 0.6) is 5.75 Å². The number of nitrogens with one attached hydrogen (secondary N) is 1. The molecule has 1 aliphatic carbocycles. The molecule has 150 valence electrons. The Balaban J connectivity index is 1.92. The van der Waals surface area contributed by atoms with Crippen LogP contribution in [-0.4, -0.2) is 34.5 Å². The second kappa shape index (κ2) is 7.83. The van der Waals surface area contributed by atoms with Crippen LogP contribution >= 0.6 is 0 Å². The highest BCUT2D eigenvalue weighted by Gasteiger charge is 2.30. The number of ether oxygens (including phenoxy) is 1. The molecule has 3 rings (SSSR count). The van der Waals surface area contributed by atoms with Gasteiger partial charge >= 0.3 is 0 Å². The van der Waals surface area contributed by atoms with Crippen LogP contribution in [0, 0.1) is 12.8 Å². The number of carbonyl (C=O) groups is 1. The van der Waals surface area contributed by atoms with Crippen molar-refractivity contribution < 1.29 is 17.9 Å². The molecule has 1 unspecified atom stereocenters. The number of benzene rings is 2. The van der Waals surface area contributed by atoms with Gasteiger partial charge in [0.2, 0.25) is 0 Å². The minimum atomic E-state index is -3.86. The van der Waals surface area contributed by atoms with Crippen molar-refractivity contribution in [1.82, 2.24) is 5.32 Å². The number of anilines is 1. The topological polar surface area (TPSA) is 75.7 Å². The van der Waals surface area contributed by atoms with Gasteiger partial charge < -0.3 is 10.1 Å². The molecule has 1 aliphatic rings. The predicted octanol–water partition coefficient (Wildman–Crippen LogP) is 3.36. The molecule has 28 heavy (non-hydrogen) atoms. The van der Waals surface area contributed by atoms with Crippen molar-refractivity contribution in [2.75, 3.05) is 18.5 Å². The van der Waals surface area contributed by atoms with Crippen LogP contribution in [0.2, 0.25) is 0 Å². The van der Waals surface area contributed by atoms with Crippen molar-refractivity contribution in [2.45, 2.75) is 37.6 Å². The summed E-state index contributed by atoms with van der Waals surface area (Å²) in [6.45, 7) is 3.79. The Morgan fingerprint density at radius 3 is 2.54 bits per heavy atom. The molecule has 1 atom stereocenters. The molecule has 7 heteroatoms. The Morgan fingerprint density at radius 2 is 1.89 bits per heavy atom. The van der Waals surface area contributed by atoms with E-state index in [-0.39, 0.29) is 16.8 Å². The summed E-state index contributed by atoms with van der Waals surface area (Å²) >= 11 is 0. The highest BCUT2D eigenvalue weighted by molar-refractivity contribution is 7.92. The maximum absolute atomic E-state index is 13.2. The van der Waals surface area contributed by atoms with E-state index in [1.807, 2.05) is 6.92 Å². The summed E-state index contributed by atoms with van der Waals surface area (Å²) in [5.41, 5.74) is 1.54. The molecule has 1 fully saturated rings. The largest absolute Gasteiger partial charge is 0.495 e. The summed E-state index contributed by atoms with van der Waals surface area (Å²) in [6, 6.07) is 11.6. The molecule has 0 heterocycles. The fourth-order valence-corrected chi connectivity index (χ4v) is 4.42. The lowest BCUT2D eigenvalue weighted by molar-refractivity contribution is 0.0935. The molecule has 0 radical (unpaired) electrons. The molecule has 0 spiro atoms. The van der Waals surface area contributed by atoms with E-state index in [0.29, 0.717) is 22.9 Å². The molecule has 0 saturated heterocycles. The van der Waals surface area contributed by atoms with Crippen LogP contribution in [0.25, 0.3) is 0 Å². The minimum absolute atomic E-state index is 0.0655. The number of rotatable bonds is 7. The molecule has 2 aromatic carbocycles. The van der Waals surface area contributed by atoms with E-state index in [1.54, 1.807) is 37.3 Å². The first kappa shape index (κ1) is 20.2. The number of carbonyl (C=O) groups excluding carboxylic acids is 1.